The van der Waals surface area contributed by atoms with Gasteiger partial charge < -0.3 is 9.52 Å². The fourth-order valence-electron chi connectivity index (χ4n) is 2.55. The second kappa shape index (κ2) is 5.64. The first kappa shape index (κ1) is 14.3. The van der Waals surface area contributed by atoms with Gasteiger partial charge in [0.15, 0.2) is 5.43 Å². The van der Waals surface area contributed by atoms with Crippen LogP contribution in [0.4, 0.5) is 0 Å². The monoisotopic (exact) mass is 296 g/mol. The van der Waals surface area contributed by atoms with Crippen molar-refractivity contribution in [3.63, 3.8) is 0 Å². The SMILES string of the molecule is CC(C(=O)O)c1ccc2oc(C3=CC=CCC3)cc(=O)c2c1. The predicted molar refractivity (Wildman–Crippen MR) is 84.9 cm³/mol. The van der Waals surface area contributed by atoms with Crippen molar-refractivity contribution < 1.29 is 14.3 Å². The molecule has 0 fully saturated rings. The van der Waals surface area contributed by atoms with Gasteiger partial charge >= 0.3 is 5.97 Å². The Morgan fingerprint density at radius 2 is 2.14 bits per heavy atom. The van der Waals surface area contributed by atoms with E-state index < -0.39 is 11.9 Å². The molecule has 0 saturated heterocycles. The maximum Gasteiger partial charge on any atom is 0.310 e. The van der Waals surface area contributed by atoms with Gasteiger partial charge in [-0.3, -0.25) is 9.59 Å². The zero-order chi connectivity index (χ0) is 15.7. The molecule has 4 nitrogen and oxygen atoms in total. The number of benzene rings is 1. The molecule has 3 rings (SSSR count). The number of hydrogen-bond donors (Lipinski definition) is 1. The summed E-state index contributed by atoms with van der Waals surface area (Å²) in [6, 6.07) is 6.47. The van der Waals surface area contributed by atoms with Crippen LogP contribution >= 0.6 is 0 Å². The summed E-state index contributed by atoms with van der Waals surface area (Å²) in [4.78, 5) is 23.4. The van der Waals surface area contributed by atoms with Crippen molar-refractivity contribution in [3.05, 3.63) is 64.0 Å². The van der Waals surface area contributed by atoms with E-state index in [2.05, 4.69) is 6.08 Å². The van der Waals surface area contributed by atoms with Gasteiger partial charge in [0, 0.05) is 6.07 Å². The highest BCUT2D eigenvalue weighted by atomic mass is 16.4. The first-order chi connectivity index (χ1) is 10.6. The fourth-order valence-corrected chi connectivity index (χ4v) is 2.55. The summed E-state index contributed by atoms with van der Waals surface area (Å²) in [6.45, 7) is 1.60. The molecule has 0 radical (unpaired) electrons. The Morgan fingerprint density at radius 1 is 1.32 bits per heavy atom. The normalized spacial score (nSPS) is 15.6. The van der Waals surface area contributed by atoms with Crippen LogP contribution in [0.25, 0.3) is 16.5 Å². The van der Waals surface area contributed by atoms with Gasteiger partial charge in [0.25, 0.3) is 0 Å². The minimum absolute atomic E-state index is 0.147. The standard InChI is InChI=1S/C18H16O4/c1-11(18(20)21)13-7-8-16-14(9-13)15(19)10-17(22-16)12-5-3-2-4-6-12/h2-3,5,7-11H,4,6H2,1H3,(H,20,21). The average Bonchev–Trinajstić information content (AvgIpc) is 2.54. The number of carbonyl (C=O) groups is 1. The van der Waals surface area contributed by atoms with E-state index >= 15 is 0 Å². The molecular formula is C18H16O4. The third kappa shape index (κ3) is 2.60. The summed E-state index contributed by atoms with van der Waals surface area (Å²) in [7, 11) is 0. The smallest absolute Gasteiger partial charge is 0.310 e. The van der Waals surface area contributed by atoms with Gasteiger partial charge in [0.05, 0.1) is 11.3 Å². The zero-order valence-corrected chi connectivity index (χ0v) is 12.2. The Morgan fingerprint density at radius 3 is 2.82 bits per heavy atom. The summed E-state index contributed by atoms with van der Waals surface area (Å²) in [5, 5.41) is 9.49. The zero-order valence-electron chi connectivity index (χ0n) is 12.2. The number of carboxylic acids is 1. The minimum Gasteiger partial charge on any atom is -0.481 e. The third-order valence-corrected chi connectivity index (χ3v) is 3.95. The second-order valence-electron chi connectivity index (χ2n) is 5.45. The molecule has 0 amide bonds. The molecule has 2 aromatic rings. The van der Waals surface area contributed by atoms with E-state index in [9.17, 15) is 9.59 Å². The Balaban J connectivity index is 2.11. The maximum atomic E-state index is 12.3. The van der Waals surface area contributed by atoms with Crippen LogP contribution in [0.3, 0.4) is 0 Å². The Kier molecular flexibility index (Phi) is 3.67. The molecule has 112 valence electrons. The van der Waals surface area contributed by atoms with Gasteiger partial charge in [0.1, 0.15) is 11.3 Å². The van der Waals surface area contributed by atoms with Crippen LogP contribution in [0.5, 0.6) is 0 Å². The summed E-state index contributed by atoms with van der Waals surface area (Å²) in [6.07, 6.45) is 7.76. The number of aliphatic carboxylic acids is 1. The number of hydrogen-bond acceptors (Lipinski definition) is 3. The molecule has 1 heterocycles. The van der Waals surface area contributed by atoms with Gasteiger partial charge in [-0.25, -0.2) is 0 Å². The highest BCUT2D eigenvalue weighted by Crippen LogP contribution is 2.26. The third-order valence-electron chi connectivity index (χ3n) is 3.95. The van der Waals surface area contributed by atoms with Crippen molar-refractivity contribution >= 4 is 22.5 Å². The molecule has 1 N–H and O–H groups in total. The van der Waals surface area contributed by atoms with E-state index in [1.807, 2.05) is 12.2 Å². The lowest BCUT2D eigenvalue weighted by atomic mass is 9.98. The van der Waals surface area contributed by atoms with Crippen molar-refractivity contribution in [2.45, 2.75) is 25.7 Å². The van der Waals surface area contributed by atoms with Crippen LogP contribution < -0.4 is 5.43 Å². The van der Waals surface area contributed by atoms with Crippen LogP contribution in [-0.2, 0) is 4.79 Å². The quantitative estimate of drug-likeness (QED) is 0.937. The number of carboxylic acid groups (broad SMARTS) is 1. The summed E-state index contributed by atoms with van der Waals surface area (Å²) < 4.78 is 5.83. The Hall–Kier alpha value is -2.62. The van der Waals surface area contributed by atoms with Gasteiger partial charge in [-0.05, 0) is 43.0 Å². The summed E-state index contributed by atoms with van der Waals surface area (Å²) in [5.41, 5.74) is 1.94. The van der Waals surface area contributed by atoms with Crippen LogP contribution in [0, 0.1) is 0 Å². The molecule has 1 aromatic carbocycles. The van der Waals surface area contributed by atoms with Crippen LogP contribution in [0.1, 0.15) is 37.0 Å². The second-order valence-corrected chi connectivity index (χ2v) is 5.45. The molecule has 0 saturated carbocycles. The first-order valence-corrected chi connectivity index (χ1v) is 7.23. The van der Waals surface area contributed by atoms with Gasteiger partial charge in [0.2, 0.25) is 0 Å². The van der Waals surface area contributed by atoms with Crippen molar-refractivity contribution in [1.82, 2.24) is 0 Å². The molecule has 22 heavy (non-hydrogen) atoms. The number of rotatable bonds is 3. The molecule has 1 unspecified atom stereocenters. The van der Waals surface area contributed by atoms with Crippen LogP contribution in [0.15, 0.2) is 51.7 Å². The maximum absolute atomic E-state index is 12.3. The van der Waals surface area contributed by atoms with Gasteiger partial charge in [-0.15, -0.1) is 0 Å². The molecule has 1 aromatic heterocycles. The van der Waals surface area contributed by atoms with E-state index in [4.69, 9.17) is 9.52 Å². The van der Waals surface area contributed by atoms with Crippen molar-refractivity contribution in [2.24, 2.45) is 0 Å². The lowest BCUT2D eigenvalue weighted by molar-refractivity contribution is -0.138. The van der Waals surface area contributed by atoms with E-state index in [0.29, 0.717) is 22.3 Å². The topological polar surface area (TPSA) is 67.5 Å². The van der Waals surface area contributed by atoms with Crippen LogP contribution in [0.2, 0.25) is 0 Å². The minimum atomic E-state index is -0.917. The number of fused-ring (bicyclic) bond motifs is 1. The van der Waals surface area contributed by atoms with E-state index in [0.717, 1.165) is 18.4 Å². The number of allylic oxidation sites excluding steroid dienone is 4. The lowest BCUT2D eigenvalue weighted by Crippen LogP contribution is -2.09. The van der Waals surface area contributed by atoms with Crippen molar-refractivity contribution in [2.75, 3.05) is 0 Å². The highest BCUT2D eigenvalue weighted by molar-refractivity contribution is 5.82. The molecule has 0 spiro atoms. The molecule has 0 bridgehead atoms. The van der Waals surface area contributed by atoms with Crippen molar-refractivity contribution in [3.8, 4) is 0 Å². The molecule has 0 aliphatic heterocycles. The summed E-state index contributed by atoms with van der Waals surface area (Å²) >= 11 is 0. The predicted octanol–water partition coefficient (Wildman–Crippen LogP) is 3.71. The Bertz CT molecular complexity index is 855. The highest BCUT2D eigenvalue weighted by Gasteiger charge is 2.16. The fraction of sp³-hybridized carbons (Fsp3) is 0.222. The largest absolute Gasteiger partial charge is 0.481 e. The molecule has 4 heteroatoms. The van der Waals surface area contributed by atoms with Gasteiger partial charge in [-0.1, -0.05) is 24.3 Å². The first-order valence-electron chi connectivity index (χ1n) is 7.23. The Labute approximate surface area is 127 Å². The summed E-state index contributed by atoms with van der Waals surface area (Å²) in [5.74, 6) is -0.991. The van der Waals surface area contributed by atoms with Gasteiger partial charge in [-0.2, -0.15) is 0 Å². The lowest BCUT2D eigenvalue weighted by Gasteiger charge is -2.10. The average molecular weight is 296 g/mol. The molecule has 1 atom stereocenters. The molecule has 1 aliphatic rings. The van der Waals surface area contributed by atoms with E-state index in [-0.39, 0.29) is 5.43 Å². The molecule has 1 aliphatic carbocycles. The van der Waals surface area contributed by atoms with E-state index in [1.165, 1.54) is 6.07 Å². The van der Waals surface area contributed by atoms with E-state index in [1.54, 1.807) is 25.1 Å². The molecular weight excluding hydrogens is 280 g/mol. The van der Waals surface area contributed by atoms with Crippen molar-refractivity contribution in [1.29, 1.82) is 0 Å². The van der Waals surface area contributed by atoms with Crippen LogP contribution in [-0.4, -0.2) is 11.1 Å².